The summed E-state index contributed by atoms with van der Waals surface area (Å²) in [4.78, 5) is 47.0. The molecule has 4 N–H and O–H groups in total. The van der Waals surface area contributed by atoms with Gasteiger partial charge in [0, 0.05) is 6.42 Å². The first-order valence-corrected chi connectivity index (χ1v) is 8.82. The van der Waals surface area contributed by atoms with Crippen LogP contribution in [0.4, 0.5) is 4.79 Å². The summed E-state index contributed by atoms with van der Waals surface area (Å²) < 4.78 is 10.2. The molecule has 0 radical (unpaired) electrons. The smallest absolute Gasteiger partial charge is 0.408 e. The second-order valence-electron chi connectivity index (χ2n) is 7.07. The van der Waals surface area contributed by atoms with Gasteiger partial charge in [-0.05, 0) is 32.8 Å². The molecule has 1 atom stereocenters. The van der Waals surface area contributed by atoms with Crippen molar-refractivity contribution in [3.05, 3.63) is 35.9 Å². The van der Waals surface area contributed by atoms with Crippen LogP contribution in [0.25, 0.3) is 0 Å². The molecule has 0 saturated carbocycles. The molecular formula is C19H27N3O6. The lowest BCUT2D eigenvalue weighted by Crippen LogP contribution is -2.49. The lowest BCUT2D eigenvalue weighted by Gasteiger charge is -2.23. The molecule has 9 heteroatoms. The van der Waals surface area contributed by atoms with E-state index in [0.717, 1.165) is 5.56 Å². The number of amides is 3. The monoisotopic (exact) mass is 393 g/mol. The Kier molecular flexibility index (Phi) is 8.94. The van der Waals surface area contributed by atoms with Gasteiger partial charge in [0.05, 0.1) is 0 Å². The molecule has 0 spiro atoms. The van der Waals surface area contributed by atoms with E-state index in [0.29, 0.717) is 0 Å². The van der Waals surface area contributed by atoms with Crippen molar-refractivity contribution in [3.8, 4) is 0 Å². The molecule has 9 nitrogen and oxygen atoms in total. The molecule has 0 aromatic heterocycles. The Balaban J connectivity index is 2.53. The van der Waals surface area contributed by atoms with Gasteiger partial charge in [0.15, 0.2) is 0 Å². The van der Waals surface area contributed by atoms with Gasteiger partial charge < -0.3 is 25.8 Å². The van der Waals surface area contributed by atoms with Crippen LogP contribution in [0.5, 0.6) is 0 Å². The molecule has 0 bridgehead atoms. The van der Waals surface area contributed by atoms with Gasteiger partial charge in [-0.2, -0.15) is 0 Å². The van der Waals surface area contributed by atoms with Crippen molar-refractivity contribution in [2.75, 3.05) is 6.54 Å². The van der Waals surface area contributed by atoms with Gasteiger partial charge in [0.1, 0.15) is 24.8 Å². The molecule has 0 saturated heterocycles. The van der Waals surface area contributed by atoms with Crippen LogP contribution >= 0.6 is 0 Å². The number of rotatable bonds is 9. The van der Waals surface area contributed by atoms with Crippen molar-refractivity contribution >= 4 is 23.9 Å². The topological polar surface area (TPSA) is 137 Å². The van der Waals surface area contributed by atoms with E-state index in [1.54, 1.807) is 32.9 Å². The number of esters is 1. The SMILES string of the molecule is CC(C)(C)OC(=O)N[C@@H](CCC(N)=O)C(=O)NCC(=O)OCc1ccccc1. The molecule has 1 aromatic carbocycles. The van der Waals surface area contributed by atoms with Gasteiger partial charge in [-0.1, -0.05) is 30.3 Å². The first-order chi connectivity index (χ1) is 13.1. The maximum Gasteiger partial charge on any atom is 0.408 e. The number of benzene rings is 1. The maximum absolute atomic E-state index is 12.3. The highest BCUT2D eigenvalue weighted by molar-refractivity contribution is 5.88. The molecule has 0 aliphatic heterocycles. The Hall–Kier alpha value is -3.10. The first-order valence-electron chi connectivity index (χ1n) is 8.82. The highest BCUT2D eigenvalue weighted by Crippen LogP contribution is 2.08. The molecule has 154 valence electrons. The largest absolute Gasteiger partial charge is 0.460 e. The molecule has 0 aliphatic carbocycles. The molecule has 28 heavy (non-hydrogen) atoms. The molecule has 0 heterocycles. The average molecular weight is 393 g/mol. The summed E-state index contributed by atoms with van der Waals surface area (Å²) in [6.07, 6.45) is -0.963. The van der Waals surface area contributed by atoms with Gasteiger partial charge in [-0.3, -0.25) is 14.4 Å². The number of hydrogen-bond donors (Lipinski definition) is 3. The van der Waals surface area contributed by atoms with E-state index in [1.165, 1.54) is 0 Å². The van der Waals surface area contributed by atoms with Crippen LogP contribution in [0.15, 0.2) is 30.3 Å². The Morgan fingerprint density at radius 3 is 2.32 bits per heavy atom. The molecule has 3 amide bonds. The third-order valence-electron chi connectivity index (χ3n) is 3.34. The van der Waals surface area contributed by atoms with Crippen LogP contribution in [0.1, 0.15) is 39.2 Å². The van der Waals surface area contributed by atoms with E-state index < -0.39 is 35.5 Å². The normalized spacial score (nSPS) is 11.8. The summed E-state index contributed by atoms with van der Waals surface area (Å²) in [5.74, 6) is -1.90. The molecule has 0 aliphatic rings. The van der Waals surface area contributed by atoms with Crippen molar-refractivity contribution in [1.82, 2.24) is 10.6 Å². The molecule has 1 aromatic rings. The first kappa shape index (κ1) is 22.9. The van der Waals surface area contributed by atoms with Crippen molar-refractivity contribution in [2.45, 2.75) is 51.9 Å². The fraction of sp³-hybridized carbons (Fsp3) is 0.474. The lowest BCUT2D eigenvalue weighted by atomic mass is 10.1. The minimum atomic E-state index is -1.08. The molecule has 1 rings (SSSR count). The van der Waals surface area contributed by atoms with Crippen LogP contribution in [-0.2, 0) is 30.5 Å². The Morgan fingerprint density at radius 1 is 1.11 bits per heavy atom. The summed E-state index contributed by atoms with van der Waals surface area (Å²) in [5, 5.41) is 4.75. The number of alkyl carbamates (subject to hydrolysis) is 1. The second kappa shape index (κ2) is 10.9. The van der Waals surface area contributed by atoms with E-state index in [4.69, 9.17) is 15.2 Å². The number of carbonyl (C=O) groups excluding carboxylic acids is 4. The summed E-state index contributed by atoms with van der Waals surface area (Å²) in [7, 11) is 0. The number of hydrogen-bond acceptors (Lipinski definition) is 6. The minimum Gasteiger partial charge on any atom is -0.460 e. The molecule has 0 unspecified atom stereocenters. The zero-order chi connectivity index (χ0) is 21.2. The number of ether oxygens (including phenoxy) is 2. The van der Waals surface area contributed by atoms with Crippen LogP contribution in [-0.4, -0.2) is 42.1 Å². The fourth-order valence-corrected chi connectivity index (χ4v) is 2.08. The Bertz CT molecular complexity index is 685. The maximum atomic E-state index is 12.3. The van der Waals surface area contributed by atoms with Crippen molar-refractivity contribution in [3.63, 3.8) is 0 Å². The summed E-state index contributed by atoms with van der Waals surface area (Å²) >= 11 is 0. The fourth-order valence-electron chi connectivity index (χ4n) is 2.08. The van der Waals surface area contributed by atoms with Gasteiger partial charge in [-0.25, -0.2) is 4.79 Å². The van der Waals surface area contributed by atoms with E-state index in [9.17, 15) is 19.2 Å². The quantitative estimate of drug-likeness (QED) is 0.536. The predicted octanol–water partition coefficient (Wildman–Crippen LogP) is 1.00. The van der Waals surface area contributed by atoms with Crippen LogP contribution in [0.2, 0.25) is 0 Å². The number of carbonyl (C=O) groups is 4. The average Bonchev–Trinajstić information content (AvgIpc) is 2.60. The lowest BCUT2D eigenvalue weighted by molar-refractivity contribution is -0.145. The summed E-state index contributed by atoms with van der Waals surface area (Å²) in [6, 6.07) is 8.00. The van der Waals surface area contributed by atoms with Crippen LogP contribution < -0.4 is 16.4 Å². The van der Waals surface area contributed by atoms with Gasteiger partial charge in [0.2, 0.25) is 11.8 Å². The number of primary amides is 1. The molecular weight excluding hydrogens is 366 g/mol. The zero-order valence-corrected chi connectivity index (χ0v) is 16.3. The second-order valence-corrected chi connectivity index (χ2v) is 7.07. The highest BCUT2D eigenvalue weighted by atomic mass is 16.6. The third kappa shape index (κ3) is 10.1. The van der Waals surface area contributed by atoms with Crippen LogP contribution in [0, 0.1) is 0 Å². The van der Waals surface area contributed by atoms with E-state index >= 15 is 0 Å². The van der Waals surface area contributed by atoms with Crippen molar-refractivity contribution in [1.29, 1.82) is 0 Å². The van der Waals surface area contributed by atoms with Crippen molar-refractivity contribution in [2.24, 2.45) is 5.73 Å². The Morgan fingerprint density at radius 2 is 1.75 bits per heavy atom. The predicted molar refractivity (Wildman–Crippen MR) is 101 cm³/mol. The number of nitrogens with one attached hydrogen (secondary N) is 2. The number of nitrogens with two attached hydrogens (primary N) is 1. The molecule has 0 fully saturated rings. The Labute approximate surface area is 163 Å². The summed E-state index contributed by atoms with van der Waals surface area (Å²) in [5.41, 5.74) is 5.16. The van der Waals surface area contributed by atoms with Gasteiger partial charge >= 0.3 is 12.1 Å². The van der Waals surface area contributed by atoms with Gasteiger partial charge in [-0.15, -0.1) is 0 Å². The standard InChI is InChI=1S/C19H27N3O6/c1-19(2,3)28-18(26)22-14(9-10-15(20)23)17(25)21-11-16(24)27-12-13-7-5-4-6-8-13/h4-8,14H,9-12H2,1-3H3,(H2,20,23)(H,21,25)(H,22,26)/t14-/m0/s1. The summed E-state index contributed by atoms with van der Waals surface area (Å²) in [6.45, 7) is 4.72. The van der Waals surface area contributed by atoms with E-state index in [1.807, 2.05) is 18.2 Å². The highest BCUT2D eigenvalue weighted by Gasteiger charge is 2.25. The third-order valence-corrected chi connectivity index (χ3v) is 3.34. The zero-order valence-electron chi connectivity index (χ0n) is 16.3. The minimum absolute atomic E-state index is 0.0283. The van der Waals surface area contributed by atoms with E-state index in [2.05, 4.69) is 10.6 Å². The van der Waals surface area contributed by atoms with Crippen molar-refractivity contribution < 1.29 is 28.7 Å². The van der Waals surface area contributed by atoms with E-state index in [-0.39, 0.29) is 26.0 Å². The van der Waals surface area contributed by atoms with Gasteiger partial charge in [0.25, 0.3) is 0 Å². The van der Waals surface area contributed by atoms with Crippen LogP contribution in [0.3, 0.4) is 0 Å².